The molecule has 4 heteroatoms. The van der Waals surface area contributed by atoms with Gasteiger partial charge in [-0.1, -0.05) is 6.07 Å². The zero-order valence-electron chi connectivity index (χ0n) is 10.3. The Bertz CT molecular complexity index is 381. The summed E-state index contributed by atoms with van der Waals surface area (Å²) in [6.07, 6.45) is 3.23. The van der Waals surface area contributed by atoms with E-state index in [0.717, 1.165) is 19.3 Å². The van der Waals surface area contributed by atoms with Gasteiger partial charge in [0.15, 0.2) is 11.5 Å². The molecular weight excluding hydrogens is 218 g/mol. The number of rotatable bonds is 4. The molecule has 17 heavy (non-hydrogen) atoms. The largest absolute Gasteiger partial charge is 0.493 e. The minimum Gasteiger partial charge on any atom is -0.493 e. The Morgan fingerprint density at radius 3 is 2.47 bits per heavy atom. The summed E-state index contributed by atoms with van der Waals surface area (Å²) < 4.78 is 16.5. The zero-order valence-corrected chi connectivity index (χ0v) is 10.3. The van der Waals surface area contributed by atoms with Gasteiger partial charge in [-0.25, -0.2) is 0 Å². The van der Waals surface area contributed by atoms with Crippen LogP contribution in [0.2, 0.25) is 0 Å². The van der Waals surface area contributed by atoms with Crippen molar-refractivity contribution in [3.63, 3.8) is 0 Å². The molecule has 1 aliphatic carbocycles. The third-order valence-electron chi connectivity index (χ3n) is 3.15. The van der Waals surface area contributed by atoms with Gasteiger partial charge in [0.25, 0.3) is 0 Å². The Labute approximate surface area is 102 Å². The number of hydrogen-bond acceptors (Lipinski definition) is 4. The van der Waals surface area contributed by atoms with Crippen LogP contribution < -0.4 is 19.9 Å². The molecule has 0 radical (unpaired) electrons. The summed E-state index contributed by atoms with van der Waals surface area (Å²) in [5.74, 6) is 2.01. The predicted molar refractivity (Wildman–Crippen MR) is 65.8 cm³/mol. The standard InChI is InChI=1S/C13H19NO3/c1-15-11-7-4-8-12(13(11)16-2)17-10-6-3-5-9(10)14/h4,7-10H,3,5-6,14H2,1-2H3. The highest BCUT2D eigenvalue weighted by molar-refractivity contribution is 5.51. The summed E-state index contributed by atoms with van der Waals surface area (Å²) in [6.45, 7) is 0. The van der Waals surface area contributed by atoms with E-state index in [0.29, 0.717) is 17.2 Å². The molecule has 1 aliphatic rings. The summed E-state index contributed by atoms with van der Waals surface area (Å²) in [4.78, 5) is 0. The van der Waals surface area contributed by atoms with Gasteiger partial charge in [0.1, 0.15) is 6.10 Å². The molecule has 0 aromatic heterocycles. The molecule has 1 aromatic carbocycles. The molecule has 0 amide bonds. The predicted octanol–water partition coefficient (Wildman–Crippen LogP) is 1.96. The molecule has 1 aromatic rings. The van der Waals surface area contributed by atoms with Crippen LogP contribution in [0.3, 0.4) is 0 Å². The molecule has 94 valence electrons. The first-order valence-corrected chi connectivity index (χ1v) is 5.89. The fourth-order valence-corrected chi connectivity index (χ4v) is 2.21. The van der Waals surface area contributed by atoms with E-state index in [1.807, 2.05) is 18.2 Å². The van der Waals surface area contributed by atoms with Crippen LogP contribution in [0.4, 0.5) is 0 Å². The van der Waals surface area contributed by atoms with Gasteiger partial charge in [0.2, 0.25) is 5.75 Å². The first-order valence-electron chi connectivity index (χ1n) is 5.89. The third kappa shape index (κ3) is 2.47. The Hall–Kier alpha value is -1.42. The highest BCUT2D eigenvalue weighted by Gasteiger charge is 2.27. The molecule has 2 rings (SSSR count). The minimum atomic E-state index is 0.0796. The molecular formula is C13H19NO3. The minimum absolute atomic E-state index is 0.0796. The van der Waals surface area contributed by atoms with Crippen molar-refractivity contribution in [2.75, 3.05) is 14.2 Å². The third-order valence-corrected chi connectivity index (χ3v) is 3.15. The quantitative estimate of drug-likeness (QED) is 0.869. The summed E-state index contributed by atoms with van der Waals surface area (Å²) >= 11 is 0. The van der Waals surface area contributed by atoms with Gasteiger partial charge in [0, 0.05) is 6.04 Å². The second-order valence-corrected chi connectivity index (χ2v) is 4.24. The molecule has 0 saturated heterocycles. The summed E-state index contributed by atoms with van der Waals surface area (Å²) in [5, 5.41) is 0. The van der Waals surface area contributed by atoms with Gasteiger partial charge in [-0.3, -0.25) is 0 Å². The maximum absolute atomic E-state index is 5.99. The fraction of sp³-hybridized carbons (Fsp3) is 0.538. The van der Waals surface area contributed by atoms with Crippen LogP contribution in [0, 0.1) is 0 Å². The van der Waals surface area contributed by atoms with Crippen molar-refractivity contribution in [3.05, 3.63) is 18.2 Å². The number of hydrogen-bond donors (Lipinski definition) is 1. The van der Waals surface area contributed by atoms with E-state index < -0.39 is 0 Å². The lowest BCUT2D eigenvalue weighted by atomic mass is 10.2. The summed E-state index contributed by atoms with van der Waals surface area (Å²) in [5.41, 5.74) is 5.99. The van der Waals surface area contributed by atoms with Crippen molar-refractivity contribution in [1.29, 1.82) is 0 Å². The van der Waals surface area contributed by atoms with Crippen molar-refractivity contribution in [1.82, 2.24) is 0 Å². The first-order chi connectivity index (χ1) is 8.26. The van der Waals surface area contributed by atoms with E-state index in [-0.39, 0.29) is 12.1 Å². The Balaban J connectivity index is 2.19. The van der Waals surface area contributed by atoms with Gasteiger partial charge in [0.05, 0.1) is 14.2 Å². The van der Waals surface area contributed by atoms with Crippen LogP contribution in [0.15, 0.2) is 18.2 Å². The maximum atomic E-state index is 5.99. The lowest BCUT2D eigenvalue weighted by Crippen LogP contribution is -2.33. The zero-order chi connectivity index (χ0) is 12.3. The molecule has 0 aliphatic heterocycles. The van der Waals surface area contributed by atoms with Crippen molar-refractivity contribution >= 4 is 0 Å². The van der Waals surface area contributed by atoms with Gasteiger partial charge in [-0.2, -0.15) is 0 Å². The van der Waals surface area contributed by atoms with Gasteiger partial charge < -0.3 is 19.9 Å². The Morgan fingerprint density at radius 1 is 1.12 bits per heavy atom. The van der Waals surface area contributed by atoms with E-state index in [1.165, 1.54) is 0 Å². The number of para-hydroxylation sites is 1. The molecule has 2 N–H and O–H groups in total. The van der Waals surface area contributed by atoms with Gasteiger partial charge in [-0.05, 0) is 31.4 Å². The second kappa shape index (κ2) is 5.27. The van der Waals surface area contributed by atoms with Crippen molar-refractivity contribution in [2.24, 2.45) is 5.73 Å². The number of nitrogens with two attached hydrogens (primary N) is 1. The smallest absolute Gasteiger partial charge is 0.203 e. The van der Waals surface area contributed by atoms with Crippen LogP contribution in [0.25, 0.3) is 0 Å². The maximum Gasteiger partial charge on any atom is 0.203 e. The van der Waals surface area contributed by atoms with E-state index in [2.05, 4.69) is 0 Å². The molecule has 0 heterocycles. The fourth-order valence-electron chi connectivity index (χ4n) is 2.21. The van der Waals surface area contributed by atoms with Crippen molar-refractivity contribution < 1.29 is 14.2 Å². The van der Waals surface area contributed by atoms with Crippen LogP contribution in [0.5, 0.6) is 17.2 Å². The van der Waals surface area contributed by atoms with Crippen LogP contribution >= 0.6 is 0 Å². The van der Waals surface area contributed by atoms with E-state index >= 15 is 0 Å². The topological polar surface area (TPSA) is 53.7 Å². The van der Waals surface area contributed by atoms with Crippen LogP contribution in [0.1, 0.15) is 19.3 Å². The highest BCUT2D eigenvalue weighted by Crippen LogP contribution is 2.38. The number of ether oxygens (including phenoxy) is 3. The highest BCUT2D eigenvalue weighted by atomic mass is 16.5. The van der Waals surface area contributed by atoms with Gasteiger partial charge >= 0.3 is 0 Å². The number of methoxy groups -OCH3 is 2. The molecule has 0 bridgehead atoms. The molecule has 2 atom stereocenters. The van der Waals surface area contributed by atoms with Crippen LogP contribution in [-0.2, 0) is 0 Å². The molecule has 1 fully saturated rings. The average molecular weight is 237 g/mol. The van der Waals surface area contributed by atoms with Crippen molar-refractivity contribution in [3.8, 4) is 17.2 Å². The molecule has 2 unspecified atom stereocenters. The normalized spacial score (nSPS) is 23.5. The summed E-state index contributed by atoms with van der Waals surface area (Å²) in [6, 6.07) is 5.73. The molecule has 0 spiro atoms. The second-order valence-electron chi connectivity index (χ2n) is 4.24. The molecule has 4 nitrogen and oxygen atoms in total. The lowest BCUT2D eigenvalue weighted by molar-refractivity contribution is 0.182. The van der Waals surface area contributed by atoms with Gasteiger partial charge in [-0.15, -0.1) is 0 Å². The first kappa shape index (κ1) is 12.0. The lowest BCUT2D eigenvalue weighted by Gasteiger charge is -2.20. The summed E-state index contributed by atoms with van der Waals surface area (Å²) in [7, 11) is 3.22. The average Bonchev–Trinajstić information content (AvgIpc) is 2.74. The Kier molecular flexibility index (Phi) is 3.74. The Morgan fingerprint density at radius 2 is 1.88 bits per heavy atom. The van der Waals surface area contributed by atoms with Crippen LogP contribution in [-0.4, -0.2) is 26.4 Å². The SMILES string of the molecule is COc1cccc(OC2CCCC2N)c1OC. The van der Waals surface area contributed by atoms with E-state index in [9.17, 15) is 0 Å². The molecule has 1 saturated carbocycles. The van der Waals surface area contributed by atoms with Crippen molar-refractivity contribution in [2.45, 2.75) is 31.4 Å². The monoisotopic (exact) mass is 237 g/mol. The van der Waals surface area contributed by atoms with E-state index in [4.69, 9.17) is 19.9 Å². The number of benzene rings is 1. The van der Waals surface area contributed by atoms with E-state index in [1.54, 1.807) is 14.2 Å².